The molecule has 2 aliphatic rings. The van der Waals surface area contributed by atoms with Crippen LogP contribution in [0.15, 0.2) is 0 Å². The topological polar surface area (TPSA) is 52.3 Å². The molecule has 2 saturated carbocycles. The van der Waals surface area contributed by atoms with Gasteiger partial charge in [0.2, 0.25) is 0 Å². The lowest BCUT2D eigenvalue weighted by molar-refractivity contribution is -0.141. The Balaban J connectivity index is 1.77. The maximum atomic E-state index is 11.0. The van der Waals surface area contributed by atoms with E-state index in [1.54, 1.807) is 0 Å². The zero-order chi connectivity index (χ0) is 9.42. The van der Waals surface area contributed by atoms with Crippen molar-refractivity contribution in [2.45, 2.75) is 31.7 Å². The molecule has 0 heterocycles. The molecule has 3 heteroatoms. The first-order valence-corrected chi connectivity index (χ1v) is 5.03. The smallest absolute Gasteiger partial charge is 0.307 e. The number of esters is 1. The van der Waals surface area contributed by atoms with Crippen molar-refractivity contribution in [1.29, 1.82) is 0 Å². The Kier molecular flexibility index (Phi) is 2.28. The number of nitrogens with two attached hydrogens (primary N) is 1. The van der Waals surface area contributed by atoms with Crippen molar-refractivity contribution in [3.8, 4) is 0 Å². The summed E-state index contributed by atoms with van der Waals surface area (Å²) in [5, 5.41) is 0. The van der Waals surface area contributed by atoms with Crippen LogP contribution >= 0.6 is 0 Å². The number of ether oxygens (including phenoxy) is 1. The highest BCUT2D eigenvalue weighted by Crippen LogP contribution is 2.55. The molecule has 2 N–H and O–H groups in total. The minimum absolute atomic E-state index is 0.0280. The molecule has 0 bridgehead atoms. The Bertz CT molecular complexity index is 207. The third-order valence-corrected chi connectivity index (χ3v) is 3.52. The highest BCUT2D eigenvalue weighted by molar-refractivity contribution is 5.69. The largest absolute Gasteiger partial charge is 0.469 e. The first kappa shape index (κ1) is 9.00. The van der Waals surface area contributed by atoms with Gasteiger partial charge in [0.1, 0.15) is 0 Å². The lowest BCUT2D eigenvalue weighted by Crippen LogP contribution is -2.32. The molecule has 0 aromatic rings. The van der Waals surface area contributed by atoms with E-state index < -0.39 is 0 Å². The van der Waals surface area contributed by atoms with E-state index in [4.69, 9.17) is 5.73 Å². The predicted octanol–water partition coefficient (Wildman–Crippen LogP) is 0.923. The number of hydrogen-bond acceptors (Lipinski definition) is 3. The fourth-order valence-electron chi connectivity index (χ4n) is 2.55. The number of carbonyl (C=O) groups is 1. The highest BCUT2D eigenvalue weighted by Gasteiger charge is 2.47. The van der Waals surface area contributed by atoms with Gasteiger partial charge in [-0.05, 0) is 37.0 Å². The molecule has 3 atom stereocenters. The summed E-state index contributed by atoms with van der Waals surface area (Å²) in [6.45, 7) is 0. The van der Waals surface area contributed by atoms with Gasteiger partial charge >= 0.3 is 5.97 Å². The molecule has 3 nitrogen and oxygen atoms in total. The van der Waals surface area contributed by atoms with E-state index in [1.165, 1.54) is 26.4 Å². The van der Waals surface area contributed by atoms with Crippen LogP contribution in [0.3, 0.4) is 0 Å². The standard InChI is InChI=1S/C10H17NO2/c1-13-10(12)5-9(11)8-3-6-2-7(6)4-8/h6-9H,2-5,11H2,1H3/t6?,7?,8?,9-/m1/s1. The van der Waals surface area contributed by atoms with Crippen LogP contribution in [0.4, 0.5) is 0 Å². The number of rotatable bonds is 3. The van der Waals surface area contributed by atoms with Crippen molar-refractivity contribution in [1.82, 2.24) is 0 Å². The van der Waals surface area contributed by atoms with E-state index in [-0.39, 0.29) is 12.0 Å². The Morgan fingerprint density at radius 1 is 1.46 bits per heavy atom. The average Bonchev–Trinajstić information content (AvgIpc) is 2.73. The summed E-state index contributed by atoms with van der Waals surface area (Å²) in [4.78, 5) is 11.0. The fraction of sp³-hybridized carbons (Fsp3) is 0.900. The minimum Gasteiger partial charge on any atom is -0.469 e. The Hall–Kier alpha value is -0.570. The van der Waals surface area contributed by atoms with Crippen molar-refractivity contribution in [2.24, 2.45) is 23.5 Å². The fourth-order valence-corrected chi connectivity index (χ4v) is 2.55. The summed E-state index contributed by atoms with van der Waals surface area (Å²) in [5.74, 6) is 2.28. The van der Waals surface area contributed by atoms with Gasteiger partial charge in [-0.25, -0.2) is 0 Å². The van der Waals surface area contributed by atoms with E-state index in [1.807, 2.05) is 0 Å². The molecule has 0 amide bonds. The maximum Gasteiger partial charge on any atom is 0.307 e. The molecule has 13 heavy (non-hydrogen) atoms. The summed E-state index contributed by atoms with van der Waals surface area (Å²) in [5.41, 5.74) is 5.94. The summed E-state index contributed by atoms with van der Waals surface area (Å²) >= 11 is 0. The molecule has 2 aliphatic carbocycles. The molecule has 0 spiro atoms. The molecule has 74 valence electrons. The van der Waals surface area contributed by atoms with Crippen LogP contribution in [0.5, 0.6) is 0 Å². The summed E-state index contributed by atoms with van der Waals surface area (Å²) < 4.78 is 4.60. The lowest BCUT2D eigenvalue weighted by Gasteiger charge is -2.19. The first-order valence-electron chi connectivity index (χ1n) is 5.03. The zero-order valence-electron chi connectivity index (χ0n) is 8.03. The van der Waals surface area contributed by atoms with Crippen LogP contribution < -0.4 is 5.73 Å². The second kappa shape index (κ2) is 3.29. The third-order valence-electron chi connectivity index (χ3n) is 3.52. The molecule has 2 fully saturated rings. The van der Waals surface area contributed by atoms with Crippen LogP contribution in [0, 0.1) is 17.8 Å². The van der Waals surface area contributed by atoms with Crippen LogP contribution in [0.25, 0.3) is 0 Å². The van der Waals surface area contributed by atoms with Gasteiger partial charge in [0.25, 0.3) is 0 Å². The number of carbonyl (C=O) groups excluding carboxylic acids is 1. The molecule has 0 aromatic heterocycles. The average molecular weight is 183 g/mol. The van der Waals surface area contributed by atoms with E-state index in [0.717, 1.165) is 11.8 Å². The molecule has 0 saturated heterocycles. The Morgan fingerprint density at radius 2 is 2.08 bits per heavy atom. The predicted molar refractivity (Wildman–Crippen MR) is 48.9 cm³/mol. The van der Waals surface area contributed by atoms with Crippen molar-refractivity contribution < 1.29 is 9.53 Å². The quantitative estimate of drug-likeness (QED) is 0.662. The van der Waals surface area contributed by atoms with E-state index in [0.29, 0.717) is 12.3 Å². The van der Waals surface area contributed by atoms with E-state index >= 15 is 0 Å². The zero-order valence-corrected chi connectivity index (χ0v) is 8.03. The monoisotopic (exact) mass is 183 g/mol. The van der Waals surface area contributed by atoms with Crippen molar-refractivity contribution >= 4 is 5.97 Å². The highest BCUT2D eigenvalue weighted by atomic mass is 16.5. The van der Waals surface area contributed by atoms with Crippen LogP contribution in [-0.4, -0.2) is 19.1 Å². The number of hydrogen-bond donors (Lipinski definition) is 1. The maximum absolute atomic E-state index is 11.0. The molecular formula is C10H17NO2. The van der Waals surface area contributed by atoms with Crippen LogP contribution in [-0.2, 0) is 9.53 Å². The van der Waals surface area contributed by atoms with E-state index in [9.17, 15) is 4.79 Å². The second-order valence-electron chi connectivity index (χ2n) is 4.43. The molecule has 0 aliphatic heterocycles. The van der Waals surface area contributed by atoms with Crippen LogP contribution in [0.2, 0.25) is 0 Å². The van der Waals surface area contributed by atoms with Crippen molar-refractivity contribution in [2.75, 3.05) is 7.11 Å². The second-order valence-corrected chi connectivity index (χ2v) is 4.43. The van der Waals surface area contributed by atoms with Gasteiger partial charge in [0.15, 0.2) is 0 Å². The normalized spacial score (nSPS) is 38.2. The van der Waals surface area contributed by atoms with E-state index in [2.05, 4.69) is 4.74 Å². The molecule has 2 rings (SSSR count). The lowest BCUT2D eigenvalue weighted by atomic mass is 9.93. The van der Waals surface area contributed by atoms with Gasteiger partial charge in [-0.1, -0.05) is 0 Å². The molecule has 0 aromatic carbocycles. The Labute approximate surface area is 78.6 Å². The molecule has 0 radical (unpaired) electrons. The van der Waals surface area contributed by atoms with Crippen molar-refractivity contribution in [3.63, 3.8) is 0 Å². The molecular weight excluding hydrogens is 166 g/mol. The van der Waals surface area contributed by atoms with Gasteiger partial charge in [0, 0.05) is 6.04 Å². The summed E-state index contributed by atoms with van der Waals surface area (Å²) in [6, 6.07) is 0.0280. The van der Waals surface area contributed by atoms with Crippen LogP contribution in [0.1, 0.15) is 25.7 Å². The minimum atomic E-state index is -0.173. The summed E-state index contributed by atoms with van der Waals surface area (Å²) in [6.07, 6.45) is 4.27. The van der Waals surface area contributed by atoms with Gasteiger partial charge in [0.05, 0.1) is 13.5 Å². The number of fused-ring (bicyclic) bond motifs is 1. The van der Waals surface area contributed by atoms with Gasteiger partial charge in [-0.15, -0.1) is 0 Å². The first-order chi connectivity index (χ1) is 6.20. The third kappa shape index (κ3) is 1.85. The van der Waals surface area contributed by atoms with Gasteiger partial charge < -0.3 is 10.5 Å². The SMILES string of the molecule is COC(=O)C[C@@H](N)C1CC2CC2C1. The number of methoxy groups -OCH3 is 1. The Morgan fingerprint density at radius 3 is 2.62 bits per heavy atom. The molecule has 2 unspecified atom stereocenters. The van der Waals surface area contributed by atoms with Gasteiger partial charge in [-0.3, -0.25) is 4.79 Å². The van der Waals surface area contributed by atoms with Gasteiger partial charge in [-0.2, -0.15) is 0 Å². The van der Waals surface area contributed by atoms with Crippen molar-refractivity contribution in [3.05, 3.63) is 0 Å². The summed E-state index contributed by atoms with van der Waals surface area (Å²) in [7, 11) is 1.42.